The summed E-state index contributed by atoms with van der Waals surface area (Å²) >= 11 is 0. The van der Waals surface area contributed by atoms with E-state index in [1.54, 1.807) is 0 Å². The molecule has 0 bridgehead atoms. The zero-order valence-electron chi connectivity index (χ0n) is 12.7. The van der Waals surface area contributed by atoms with E-state index in [4.69, 9.17) is 0 Å². The molecule has 0 aliphatic rings. The van der Waals surface area contributed by atoms with Crippen molar-refractivity contribution in [3.8, 4) is 0 Å². The first kappa shape index (κ1) is 20.6. The predicted molar refractivity (Wildman–Crippen MR) is 79.9 cm³/mol. The maximum atomic E-state index is 3.79. The summed E-state index contributed by atoms with van der Waals surface area (Å²) in [6.07, 6.45) is 7.39. The topological polar surface area (TPSA) is 0 Å². The van der Waals surface area contributed by atoms with E-state index < -0.39 is 0 Å². The summed E-state index contributed by atoms with van der Waals surface area (Å²) in [5, 5.41) is 0. The molecule has 0 aliphatic heterocycles. The highest BCUT2D eigenvalue weighted by atomic mass is 14.1. The molecule has 0 aromatic rings. The first-order chi connectivity index (χ1) is 7.67. The molecule has 0 nitrogen and oxygen atoms in total. The largest absolute Gasteiger partial charge is 0.0988 e. The quantitative estimate of drug-likeness (QED) is 0.501. The Bertz CT molecular complexity index is 194. The average molecular weight is 224 g/mol. The van der Waals surface area contributed by atoms with Crippen molar-refractivity contribution < 1.29 is 0 Å². The maximum absolute atomic E-state index is 3.79. The summed E-state index contributed by atoms with van der Waals surface area (Å²) in [4.78, 5) is 0. The second-order valence-corrected chi connectivity index (χ2v) is 3.15. The van der Waals surface area contributed by atoms with Crippen molar-refractivity contribution in [2.24, 2.45) is 5.92 Å². The van der Waals surface area contributed by atoms with Gasteiger partial charge in [-0.05, 0) is 37.3 Å². The smallest absolute Gasteiger partial charge is 0.0191 e. The summed E-state index contributed by atoms with van der Waals surface area (Å²) < 4.78 is 0. The standard InChI is InChI=1S/C12H20.2C2H6/c1-6-9-12(10(4)7-2)11(5)8-3;2*1-2/h6-7,9,11H,2,8H2,1,3-5H3;2*1-2H3/b9-6-,12-10+;;. The minimum atomic E-state index is 0.638. The van der Waals surface area contributed by atoms with Gasteiger partial charge < -0.3 is 0 Å². The molecule has 0 radical (unpaired) electrons. The lowest BCUT2D eigenvalue weighted by molar-refractivity contribution is 0.665. The highest BCUT2D eigenvalue weighted by molar-refractivity contribution is 5.32. The molecule has 0 aromatic carbocycles. The normalized spacial score (nSPS) is 12.8. The minimum absolute atomic E-state index is 0.638. The third-order valence-electron chi connectivity index (χ3n) is 2.25. The van der Waals surface area contributed by atoms with Gasteiger partial charge in [0.2, 0.25) is 0 Å². The molecule has 0 aromatic heterocycles. The van der Waals surface area contributed by atoms with Crippen LogP contribution >= 0.6 is 0 Å². The van der Waals surface area contributed by atoms with E-state index in [0.29, 0.717) is 5.92 Å². The van der Waals surface area contributed by atoms with Gasteiger partial charge in [-0.25, -0.2) is 0 Å². The Hall–Kier alpha value is -0.780. The minimum Gasteiger partial charge on any atom is -0.0988 e. The van der Waals surface area contributed by atoms with Crippen LogP contribution < -0.4 is 0 Å². The second kappa shape index (κ2) is 16.6. The van der Waals surface area contributed by atoms with Crippen LogP contribution in [0.15, 0.2) is 36.0 Å². The SMILES string of the molecule is C=C/C(C)=C(\C=C/C)C(C)CC.CC.CC. The molecule has 0 fully saturated rings. The summed E-state index contributed by atoms with van der Waals surface area (Å²) in [7, 11) is 0. The van der Waals surface area contributed by atoms with Gasteiger partial charge in [0.25, 0.3) is 0 Å². The van der Waals surface area contributed by atoms with Crippen LogP contribution in [0, 0.1) is 5.92 Å². The van der Waals surface area contributed by atoms with Gasteiger partial charge in [-0.1, -0.05) is 66.3 Å². The van der Waals surface area contributed by atoms with Gasteiger partial charge in [0, 0.05) is 0 Å². The molecular formula is C16H32. The van der Waals surface area contributed by atoms with Crippen LogP contribution in [0.3, 0.4) is 0 Å². The van der Waals surface area contributed by atoms with E-state index in [1.165, 1.54) is 17.6 Å². The fourth-order valence-corrected chi connectivity index (χ4v) is 1.20. The van der Waals surface area contributed by atoms with Crippen LogP contribution in [-0.2, 0) is 0 Å². The second-order valence-electron chi connectivity index (χ2n) is 3.15. The Balaban J connectivity index is -0.000000376. The maximum Gasteiger partial charge on any atom is -0.0191 e. The predicted octanol–water partition coefficient (Wildman–Crippen LogP) is 6.16. The Morgan fingerprint density at radius 2 is 1.62 bits per heavy atom. The van der Waals surface area contributed by atoms with E-state index in [1.807, 2.05) is 33.8 Å². The van der Waals surface area contributed by atoms with Crippen LogP contribution in [0.4, 0.5) is 0 Å². The monoisotopic (exact) mass is 224 g/mol. The van der Waals surface area contributed by atoms with E-state index in [2.05, 4.69) is 46.4 Å². The fraction of sp³-hybridized carbons (Fsp3) is 0.625. The number of hydrogen-bond donors (Lipinski definition) is 0. The molecule has 96 valence electrons. The van der Waals surface area contributed by atoms with Gasteiger partial charge in [0.15, 0.2) is 0 Å². The van der Waals surface area contributed by atoms with Crippen LogP contribution in [0.25, 0.3) is 0 Å². The van der Waals surface area contributed by atoms with Crippen LogP contribution in [0.5, 0.6) is 0 Å². The van der Waals surface area contributed by atoms with Gasteiger partial charge in [0.1, 0.15) is 0 Å². The molecule has 0 aliphatic carbocycles. The van der Waals surface area contributed by atoms with E-state index in [-0.39, 0.29) is 0 Å². The molecule has 0 amide bonds. The first-order valence-electron chi connectivity index (χ1n) is 6.63. The van der Waals surface area contributed by atoms with Crippen molar-refractivity contribution in [3.63, 3.8) is 0 Å². The van der Waals surface area contributed by atoms with Crippen molar-refractivity contribution in [3.05, 3.63) is 36.0 Å². The summed E-state index contributed by atoms with van der Waals surface area (Å²) in [5.74, 6) is 0.638. The molecule has 0 heterocycles. The molecule has 1 atom stereocenters. The summed E-state index contributed by atoms with van der Waals surface area (Å²) in [6, 6.07) is 0. The molecular weight excluding hydrogens is 192 g/mol. The third kappa shape index (κ3) is 9.76. The van der Waals surface area contributed by atoms with Crippen molar-refractivity contribution in [1.82, 2.24) is 0 Å². The Kier molecular flexibility index (Phi) is 21.4. The van der Waals surface area contributed by atoms with Crippen molar-refractivity contribution in [1.29, 1.82) is 0 Å². The van der Waals surface area contributed by atoms with Crippen molar-refractivity contribution >= 4 is 0 Å². The average Bonchev–Trinajstić information content (AvgIpc) is 2.38. The van der Waals surface area contributed by atoms with Gasteiger partial charge in [0.05, 0.1) is 0 Å². The summed E-state index contributed by atoms with van der Waals surface area (Å²) in [6.45, 7) is 20.4. The molecule has 0 N–H and O–H groups in total. The van der Waals surface area contributed by atoms with Gasteiger partial charge in [-0.3, -0.25) is 0 Å². The number of hydrogen-bond acceptors (Lipinski definition) is 0. The Labute approximate surface area is 104 Å². The van der Waals surface area contributed by atoms with Crippen LogP contribution in [0.1, 0.15) is 61.8 Å². The first-order valence-corrected chi connectivity index (χ1v) is 6.63. The van der Waals surface area contributed by atoms with Gasteiger partial charge in [-0.15, -0.1) is 0 Å². The lowest BCUT2D eigenvalue weighted by Crippen LogP contribution is -1.97. The zero-order valence-corrected chi connectivity index (χ0v) is 12.7. The Morgan fingerprint density at radius 3 is 1.88 bits per heavy atom. The van der Waals surface area contributed by atoms with Crippen LogP contribution in [0.2, 0.25) is 0 Å². The number of allylic oxidation sites excluding steroid dienone is 5. The Morgan fingerprint density at radius 1 is 1.19 bits per heavy atom. The van der Waals surface area contributed by atoms with Crippen molar-refractivity contribution in [2.75, 3.05) is 0 Å². The van der Waals surface area contributed by atoms with Gasteiger partial charge >= 0.3 is 0 Å². The molecule has 0 saturated heterocycles. The molecule has 0 heteroatoms. The lowest BCUT2D eigenvalue weighted by Gasteiger charge is -2.12. The molecule has 1 unspecified atom stereocenters. The van der Waals surface area contributed by atoms with Gasteiger partial charge in [-0.2, -0.15) is 0 Å². The number of rotatable bonds is 4. The fourth-order valence-electron chi connectivity index (χ4n) is 1.20. The summed E-state index contributed by atoms with van der Waals surface area (Å²) in [5.41, 5.74) is 2.71. The molecule has 16 heavy (non-hydrogen) atoms. The van der Waals surface area contributed by atoms with E-state index >= 15 is 0 Å². The van der Waals surface area contributed by atoms with E-state index in [9.17, 15) is 0 Å². The molecule has 0 saturated carbocycles. The highest BCUT2D eigenvalue weighted by Gasteiger charge is 2.04. The van der Waals surface area contributed by atoms with Crippen molar-refractivity contribution in [2.45, 2.75) is 61.8 Å². The van der Waals surface area contributed by atoms with E-state index in [0.717, 1.165) is 0 Å². The molecule has 0 rings (SSSR count). The zero-order chi connectivity index (χ0) is 13.6. The lowest BCUT2D eigenvalue weighted by atomic mass is 9.94. The van der Waals surface area contributed by atoms with Crippen LogP contribution in [-0.4, -0.2) is 0 Å². The molecule has 0 spiro atoms. The third-order valence-corrected chi connectivity index (χ3v) is 2.25. The highest BCUT2D eigenvalue weighted by Crippen LogP contribution is 2.20.